The van der Waals surface area contributed by atoms with E-state index in [1.807, 2.05) is 12.1 Å². The van der Waals surface area contributed by atoms with Gasteiger partial charge in [0.1, 0.15) is 11.3 Å². The number of hydrogen-bond donors (Lipinski definition) is 2. The summed E-state index contributed by atoms with van der Waals surface area (Å²) in [4.78, 5) is 12.9. The van der Waals surface area contributed by atoms with Gasteiger partial charge in [-0.1, -0.05) is 6.07 Å². The minimum Gasteiger partial charge on any atom is -0.507 e. The lowest BCUT2D eigenvalue weighted by atomic mass is 9.87. The average Bonchev–Trinajstić information content (AvgIpc) is 3.10. The molecule has 2 N–H and O–H groups in total. The van der Waals surface area contributed by atoms with Crippen molar-refractivity contribution in [2.24, 2.45) is 5.92 Å². The average molecular weight is 358 g/mol. The molecule has 7 heteroatoms. The molecule has 0 amide bonds. The molecule has 1 unspecified atom stereocenters. The van der Waals surface area contributed by atoms with E-state index in [2.05, 4.69) is 0 Å². The highest BCUT2D eigenvalue weighted by Gasteiger charge is 2.36. The monoisotopic (exact) mass is 358 g/mol. The minimum absolute atomic E-state index is 0.00204. The number of carbonyl (C=O) groups is 1. The molecule has 136 valence electrons. The molecule has 26 heavy (non-hydrogen) atoms. The van der Waals surface area contributed by atoms with Crippen LogP contribution in [0.5, 0.6) is 34.5 Å². The van der Waals surface area contributed by atoms with Crippen LogP contribution in [0.3, 0.4) is 0 Å². The summed E-state index contributed by atoms with van der Waals surface area (Å²) in [5.74, 6) is 0.134. The Morgan fingerprint density at radius 3 is 2.69 bits per heavy atom. The summed E-state index contributed by atoms with van der Waals surface area (Å²) >= 11 is 0. The molecule has 0 aromatic heterocycles. The number of hydrogen-bond acceptors (Lipinski definition) is 7. The van der Waals surface area contributed by atoms with E-state index in [9.17, 15) is 15.0 Å². The molecule has 0 saturated heterocycles. The predicted octanol–water partition coefficient (Wildman–Crippen LogP) is 2.58. The van der Waals surface area contributed by atoms with Crippen molar-refractivity contribution in [3.05, 3.63) is 34.9 Å². The van der Waals surface area contributed by atoms with Gasteiger partial charge in [-0.05, 0) is 31.0 Å². The van der Waals surface area contributed by atoms with Crippen molar-refractivity contribution >= 4 is 5.78 Å². The largest absolute Gasteiger partial charge is 0.507 e. The Bertz CT molecular complexity index is 903. The third-order valence-electron chi connectivity index (χ3n) is 4.76. The Morgan fingerprint density at radius 2 is 1.92 bits per heavy atom. The topological polar surface area (TPSA) is 94.5 Å². The second-order valence-electron chi connectivity index (χ2n) is 6.32. The van der Waals surface area contributed by atoms with Gasteiger partial charge in [-0.3, -0.25) is 4.79 Å². The minimum atomic E-state index is -0.485. The number of benzene rings is 2. The van der Waals surface area contributed by atoms with Gasteiger partial charge in [-0.15, -0.1) is 0 Å². The zero-order valence-electron chi connectivity index (χ0n) is 14.4. The van der Waals surface area contributed by atoms with Crippen molar-refractivity contribution in [3.8, 4) is 34.5 Å². The molecule has 4 rings (SSSR count). The van der Waals surface area contributed by atoms with E-state index in [-0.39, 0.29) is 47.7 Å². The summed E-state index contributed by atoms with van der Waals surface area (Å²) in [6.45, 7) is 1.86. The van der Waals surface area contributed by atoms with Gasteiger partial charge in [0.05, 0.1) is 19.6 Å². The summed E-state index contributed by atoms with van der Waals surface area (Å²) in [6, 6.07) is 5.51. The fourth-order valence-corrected chi connectivity index (χ4v) is 3.39. The van der Waals surface area contributed by atoms with E-state index < -0.39 is 5.92 Å². The van der Waals surface area contributed by atoms with Crippen LogP contribution in [-0.4, -0.2) is 36.5 Å². The fourth-order valence-electron chi connectivity index (χ4n) is 3.39. The van der Waals surface area contributed by atoms with Crippen LogP contribution in [-0.2, 0) is 6.42 Å². The van der Waals surface area contributed by atoms with Crippen molar-refractivity contribution in [1.82, 2.24) is 0 Å². The molecule has 2 aromatic rings. The zero-order chi connectivity index (χ0) is 18.4. The summed E-state index contributed by atoms with van der Waals surface area (Å²) in [5, 5.41) is 20.7. The van der Waals surface area contributed by atoms with Crippen LogP contribution in [0.4, 0.5) is 0 Å². The molecule has 1 atom stereocenters. The fraction of sp³-hybridized carbons (Fsp3) is 0.316. The Labute approximate surface area is 149 Å². The summed E-state index contributed by atoms with van der Waals surface area (Å²) in [7, 11) is 1.38. The first-order chi connectivity index (χ1) is 12.5. The highest BCUT2D eigenvalue weighted by molar-refractivity contribution is 6.05. The van der Waals surface area contributed by atoms with E-state index in [0.717, 1.165) is 5.56 Å². The second-order valence-corrected chi connectivity index (χ2v) is 6.32. The standard InChI is InChI=1S/C19H18O7/c1-9-15(20)14-16(21)11(7-24-19(14)17(22)18(9)23-2)5-10-3-4-12-13(6-10)26-8-25-12/h3-4,6,11,20,22H,5,7-8H2,1-2H3. The molecule has 0 radical (unpaired) electrons. The first-order valence-electron chi connectivity index (χ1n) is 8.19. The van der Waals surface area contributed by atoms with Crippen LogP contribution in [0, 0.1) is 12.8 Å². The Hall–Kier alpha value is -3.09. The van der Waals surface area contributed by atoms with Gasteiger partial charge in [0.2, 0.25) is 12.5 Å². The van der Waals surface area contributed by atoms with Gasteiger partial charge in [-0.25, -0.2) is 0 Å². The third kappa shape index (κ3) is 2.39. The van der Waals surface area contributed by atoms with Crippen molar-refractivity contribution in [2.75, 3.05) is 20.5 Å². The van der Waals surface area contributed by atoms with Gasteiger partial charge in [0.25, 0.3) is 0 Å². The number of Topliss-reactive ketones (excluding diaryl/α,β-unsaturated/α-hetero) is 1. The van der Waals surface area contributed by atoms with Crippen LogP contribution in [0.25, 0.3) is 0 Å². The number of ketones is 1. The number of phenolic OH excluding ortho intramolecular Hbond substituents is 2. The number of methoxy groups -OCH3 is 1. The molecule has 2 aliphatic rings. The number of ether oxygens (including phenoxy) is 4. The van der Waals surface area contributed by atoms with Gasteiger partial charge in [-0.2, -0.15) is 0 Å². The molecular formula is C19H18O7. The number of carbonyl (C=O) groups excluding carboxylic acids is 1. The van der Waals surface area contributed by atoms with Gasteiger partial charge in [0.15, 0.2) is 28.8 Å². The summed E-state index contributed by atoms with van der Waals surface area (Å²) in [5.41, 5.74) is 1.19. The van der Waals surface area contributed by atoms with Crippen LogP contribution in [0.1, 0.15) is 21.5 Å². The van der Waals surface area contributed by atoms with Crippen LogP contribution in [0.15, 0.2) is 18.2 Å². The maximum Gasteiger partial charge on any atom is 0.231 e. The van der Waals surface area contributed by atoms with Crippen molar-refractivity contribution < 1.29 is 34.0 Å². The Balaban J connectivity index is 1.66. The molecule has 0 spiro atoms. The first-order valence-corrected chi connectivity index (χ1v) is 8.19. The van der Waals surface area contributed by atoms with Gasteiger partial charge < -0.3 is 29.2 Å². The van der Waals surface area contributed by atoms with Gasteiger partial charge >= 0.3 is 0 Å². The van der Waals surface area contributed by atoms with E-state index >= 15 is 0 Å². The Morgan fingerprint density at radius 1 is 1.15 bits per heavy atom. The van der Waals surface area contributed by atoms with Crippen molar-refractivity contribution in [2.45, 2.75) is 13.3 Å². The highest BCUT2D eigenvalue weighted by Crippen LogP contribution is 2.50. The van der Waals surface area contributed by atoms with Crippen LogP contribution in [0.2, 0.25) is 0 Å². The van der Waals surface area contributed by atoms with E-state index in [0.29, 0.717) is 23.5 Å². The molecule has 2 aliphatic heterocycles. The quantitative estimate of drug-likeness (QED) is 0.814. The molecular weight excluding hydrogens is 340 g/mol. The number of fused-ring (bicyclic) bond motifs is 2. The lowest BCUT2D eigenvalue weighted by molar-refractivity contribution is 0.0820. The molecule has 2 heterocycles. The maximum atomic E-state index is 12.9. The second kappa shape index (κ2) is 6.01. The number of phenols is 2. The third-order valence-corrected chi connectivity index (χ3v) is 4.76. The molecule has 0 fully saturated rings. The molecule has 0 bridgehead atoms. The molecule has 0 aliphatic carbocycles. The lowest BCUT2D eigenvalue weighted by Crippen LogP contribution is -2.30. The van der Waals surface area contributed by atoms with Crippen molar-refractivity contribution in [1.29, 1.82) is 0 Å². The molecule has 2 aromatic carbocycles. The smallest absolute Gasteiger partial charge is 0.231 e. The summed E-state index contributed by atoms with van der Waals surface area (Å²) in [6.07, 6.45) is 0.417. The van der Waals surface area contributed by atoms with Crippen LogP contribution < -0.4 is 18.9 Å². The zero-order valence-corrected chi connectivity index (χ0v) is 14.4. The van der Waals surface area contributed by atoms with E-state index in [4.69, 9.17) is 18.9 Å². The van der Waals surface area contributed by atoms with Crippen molar-refractivity contribution in [3.63, 3.8) is 0 Å². The first kappa shape index (κ1) is 16.4. The predicted molar refractivity (Wildman–Crippen MR) is 90.6 cm³/mol. The SMILES string of the molecule is COc1c(C)c(O)c2c(c1O)OCC(Cc1ccc3c(c1)OCO3)C2=O. The normalized spacial score (nSPS) is 17.6. The van der Waals surface area contributed by atoms with Gasteiger partial charge in [0, 0.05) is 5.56 Å². The summed E-state index contributed by atoms with van der Waals surface area (Å²) < 4.78 is 21.4. The van der Waals surface area contributed by atoms with E-state index in [1.54, 1.807) is 13.0 Å². The maximum absolute atomic E-state index is 12.9. The van der Waals surface area contributed by atoms with E-state index in [1.165, 1.54) is 7.11 Å². The molecule has 7 nitrogen and oxygen atoms in total. The number of rotatable bonds is 3. The Kier molecular flexibility index (Phi) is 3.79. The number of aromatic hydroxyl groups is 2. The molecule has 0 saturated carbocycles. The van der Waals surface area contributed by atoms with Crippen LogP contribution >= 0.6 is 0 Å². The highest BCUT2D eigenvalue weighted by atomic mass is 16.7. The lowest BCUT2D eigenvalue weighted by Gasteiger charge is -2.27.